The molecule has 2 heteroatoms. The SMILES string of the molecule is CCCCCCC(C)(CCCCCC)CC(F)F. The molecule has 0 spiro atoms. The highest BCUT2D eigenvalue weighted by molar-refractivity contribution is 4.75. The van der Waals surface area contributed by atoms with Crippen LogP contribution in [0, 0.1) is 5.41 Å². The number of hydrogen-bond acceptors (Lipinski definition) is 0. The highest BCUT2D eigenvalue weighted by Gasteiger charge is 2.27. The molecule has 110 valence electrons. The maximum atomic E-state index is 12.7. The van der Waals surface area contributed by atoms with Gasteiger partial charge in [-0.05, 0) is 18.3 Å². The first-order chi connectivity index (χ1) is 8.54. The third kappa shape index (κ3) is 9.85. The van der Waals surface area contributed by atoms with Gasteiger partial charge in [0.05, 0.1) is 0 Å². The van der Waals surface area contributed by atoms with E-state index in [1.54, 1.807) is 0 Å². The fraction of sp³-hybridized carbons (Fsp3) is 1.00. The first-order valence-corrected chi connectivity index (χ1v) is 7.82. The Balaban J connectivity index is 3.99. The number of halogens is 2. The van der Waals surface area contributed by atoms with Crippen LogP contribution in [-0.2, 0) is 0 Å². The molecule has 0 aliphatic carbocycles. The van der Waals surface area contributed by atoms with Gasteiger partial charge in [0, 0.05) is 6.42 Å². The van der Waals surface area contributed by atoms with Crippen molar-refractivity contribution in [3.05, 3.63) is 0 Å². The van der Waals surface area contributed by atoms with Gasteiger partial charge >= 0.3 is 0 Å². The summed E-state index contributed by atoms with van der Waals surface area (Å²) in [6.45, 7) is 6.43. The van der Waals surface area contributed by atoms with Crippen molar-refractivity contribution in [2.24, 2.45) is 5.41 Å². The standard InChI is InChI=1S/C16H32F2/c1-4-6-8-10-12-16(3,14-15(17)18)13-11-9-7-5-2/h15H,4-14H2,1-3H3. The number of alkyl halides is 2. The Morgan fingerprint density at radius 1 is 0.778 bits per heavy atom. The molecule has 0 rings (SSSR count). The summed E-state index contributed by atoms with van der Waals surface area (Å²) in [5.74, 6) is 0. The molecule has 0 fully saturated rings. The van der Waals surface area contributed by atoms with Crippen molar-refractivity contribution < 1.29 is 8.78 Å². The van der Waals surface area contributed by atoms with E-state index in [9.17, 15) is 8.78 Å². The lowest BCUT2D eigenvalue weighted by atomic mass is 9.77. The largest absolute Gasteiger partial charge is 0.239 e. The molecule has 0 saturated carbocycles. The lowest BCUT2D eigenvalue weighted by Crippen LogP contribution is -2.20. The monoisotopic (exact) mass is 262 g/mol. The summed E-state index contributed by atoms with van der Waals surface area (Å²) < 4.78 is 25.4. The highest BCUT2D eigenvalue weighted by atomic mass is 19.3. The van der Waals surface area contributed by atoms with E-state index < -0.39 is 6.43 Å². The fourth-order valence-corrected chi connectivity index (χ4v) is 2.66. The number of rotatable bonds is 12. The van der Waals surface area contributed by atoms with Crippen LogP contribution in [-0.4, -0.2) is 6.43 Å². The molecular weight excluding hydrogens is 230 g/mol. The summed E-state index contributed by atoms with van der Waals surface area (Å²) >= 11 is 0. The molecular formula is C16H32F2. The molecule has 0 aliphatic heterocycles. The fourth-order valence-electron chi connectivity index (χ4n) is 2.66. The molecule has 0 saturated heterocycles. The molecule has 0 atom stereocenters. The van der Waals surface area contributed by atoms with E-state index in [2.05, 4.69) is 20.8 Å². The summed E-state index contributed by atoms with van der Waals surface area (Å²) in [5.41, 5.74) is -0.129. The van der Waals surface area contributed by atoms with Crippen LogP contribution in [0.5, 0.6) is 0 Å². The lowest BCUT2D eigenvalue weighted by Gasteiger charge is -2.29. The summed E-state index contributed by atoms with van der Waals surface area (Å²) in [4.78, 5) is 0. The van der Waals surface area contributed by atoms with Crippen LogP contribution < -0.4 is 0 Å². The smallest absolute Gasteiger partial charge is 0.211 e. The van der Waals surface area contributed by atoms with Crippen molar-refractivity contribution in [2.45, 2.75) is 97.8 Å². The van der Waals surface area contributed by atoms with Gasteiger partial charge in [-0.3, -0.25) is 0 Å². The zero-order valence-corrected chi connectivity index (χ0v) is 12.6. The van der Waals surface area contributed by atoms with E-state index in [0.717, 1.165) is 25.7 Å². The van der Waals surface area contributed by atoms with E-state index in [0.29, 0.717) is 0 Å². The zero-order valence-electron chi connectivity index (χ0n) is 12.6. The second kappa shape index (κ2) is 10.8. The molecule has 0 aromatic heterocycles. The van der Waals surface area contributed by atoms with E-state index in [1.165, 1.54) is 38.5 Å². The molecule has 0 aromatic carbocycles. The maximum Gasteiger partial charge on any atom is 0.239 e. The number of hydrogen-bond donors (Lipinski definition) is 0. The van der Waals surface area contributed by atoms with Crippen molar-refractivity contribution in [1.82, 2.24) is 0 Å². The van der Waals surface area contributed by atoms with Gasteiger partial charge in [-0.15, -0.1) is 0 Å². The second-order valence-corrected chi connectivity index (χ2v) is 6.03. The summed E-state index contributed by atoms with van der Waals surface area (Å²) in [6, 6.07) is 0. The van der Waals surface area contributed by atoms with E-state index in [4.69, 9.17) is 0 Å². The van der Waals surface area contributed by atoms with E-state index >= 15 is 0 Å². The Morgan fingerprint density at radius 3 is 1.56 bits per heavy atom. The summed E-state index contributed by atoms with van der Waals surface area (Å²) in [7, 11) is 0. The van der Waals surface area contributed by atoms with Gasteiger partial charge in [-0.1, -0.05) is 72.1 Å². The van der Waals surface area contributed by atoms with Crippen molar-refractivity contribution >= 4 is 0 Å². The van der Waals surface area contributed by atoms with E-state index in [1.807, 2.05) is 0 Å². The predicted molar refractivity (Wildman–Crippen MR) is 76.2 cm³/mol. The van der Waals surface area contributed by atoms with Gasteiger partial charge in [0.15, 0.2) is 0 Å². The topological polar surface area (TPSA) is 0 Å². The highest BCUT2D eigenvalue weighted by Crippen LogP contribution is 2.37. The Hall–Kier alpha value is -0.140. The van der Waals surface area contributed by atoms with Crippen LogP contribution in [0.1, 0.15) is 91.4 Å². The van der Waals surface area contributed by atoms with E-state index in [-0.39, 0.29) is 11.8 Å². The van der Waals surface area contributed by atoms with Crippen molar-refractivity contribution in [3.63, 3.8) is 0 Å². The Morgan fingerprint density at radius 2 is 1.22 bits per heavy atom. The van der Waals surface area contributed by atoms with Gasteiger partial charge in [0.25, 0.3) is 0 Å². The van der Waals surface area contributed by atoms with Gasteiger partial charge in [0.2, 0.25) is 6.43 Å². The Kier molecular flexibility index (Phi) is 10.7. The van der Waals surface area contributed by atoms with Crippen molar-refractivity contribution in [2.75, 3.05) is 0 Å². The van der Waals surface area contributed by atoms with Crippen LogP contribution in [0.25, 0.3) is 0 Å². The van der Waals surface area contributed by atoms with Crippen LogP contribution in [0.3, 0.4) is 0 Å². The maximum absolute atomic E-state index is 12.7. The Bertz CT molecular complexity index is 166. The number of unbranched alkanes of at least 4 members (excludes halogenated alkanes) is 6. The molecule has 0 N–H and O–H groups in total. The van der Waals surface area contributed by atoms with Crippen LogP contribution in [0.15, 0.2) is 0 Å². The molecule has 18 heavy (non-hydrogen) atoms. The molecule has 0 aliphatic rings. The summed E-state index contributed by atoms with van der Waals surface area (Å²) in [6.07, 6.45) is 9.42. The predicted octanol–water partition coefficient (Wildman–Crippen LogP) is 6.59. The van der Waals surface area contributed by atoms with Crippen LogP contribution in [0.4, 0.5) is 8.78 Å². The molecule has 0 unspecified atom stereocenters. The molecule has 0 nitrogen and oxygen atoms in total. The molecule has 0 radical (unpaired) electrons. The normalized spacial score (nSPS) is 12.3. The van der Waals surface area contributed by atoms with Gasteiger partial charge in [0.1, 0.15) is 0 Å². The molecule has 0 bridgehead atoms. The average Bonchev–Trinajstić information content (AvgIpc) is 2.30. The van der Waals surface area contributed by atoms with Gasteiger partial charge < -0.3 is 0 Å². The van der Waals surface area contributed by atoms with Gasteiger partial charge in [-0.2, -0.15) is 0 Å². The third-order valence-electron chi connectivity index (χ3n) is 3.91. The molecule has 0 amide bonds. The minimum absolute atomic E-state index is 0.0885. The average molecular weight is 262 g/mol. The van der Waals surface area contributed by atoms with Gasteiger partial charge in [-0.25, -0.2) is 8.78 Å². The quantitative estimate of drug-likeness (QED) is 0.348. The first-order valence-electron chi connectivity index (χ1n) is 7.82. The minimum Gasteiger partial charge on any atom is -0.211 e. The van der Waals surface area contributed by atoms with Crippen LogP contribution in [0.2, 0.25) is 0 Å². The third-order valence-corrected chi connectivity index (χ3v) is 3.91. The van der Waals surface area contributed by atoms with Crippen molar-refractivity contribution in [3.8, 4) is 0 Å². The minimum atomic E-state index is -2.15. The Labute approximate surface area is 113 Å². The first kappa shape index (κ1) is 17.9. The molecule has 0 heterocycles. The lowest BCUT2D eigenvalue weighted by molar-refractivity contribution is 0.0676. The van der Waals surface area contributed by atoms with Crippen LogP contribution >= 0.6 is 0 Å². The zero-order chi connectivity index (χ0) is 13.9. The molecule has 0 aromatic rings. The van der Waals surface area contributed by atoms with Crippen molar-refractivity contribution in [1.29, 1.82) is 0 Å². The second-order valence-electron chi connectivity index (χ2n) is 6.03. The summed E-state index contributed by atoms with van der Waals surface area (Å²) in [5, 5.41) is 0.